The van der Waals surface area contributed by atoms with Crippen LogP contribution in [0.15, 0.2) is 18.2 Å². The van der Waals surface area contributed by atoms with Crippen LogP contribution in [0.2, 0.25) is 0 Å². The molecular formula is C16H22N2OS. The molecular weight excluding hydrogens is 268 g/mol. The molecule has 3 atom stereocenters. The van der Waals surface area contributed by atoms with Gasteiger partial charge in [-0.2, -0.15) is 0 Å². The molecule has 3 unspecified atom stereocenters. The van der Waals surface area contributed by atoms with Crippen molar-refractivity contribution < 1.29 is 4.74 Å². The third-order valence-electron chi connectivity index (χ3n) is 4.52. The van der Waals surface area contributed by atoms with Gasteiger partial charge in [-0.25, -0.2) is 4.98 Å². The lowest BCUT2D eigenvalue weighted by atomic mass is 9.79. The summed E-state index contributed by atoms with van der Waals surface area (Å²) in [5.74, 6) is 2.55. The molecule has 1 aliphatic rings. The molecule has 1 heterocycles. The average Bonchev–Trinajstić information content (AvgIpc) is 2.84. The van der Waals surface area contributed by atoms with Crippen molar-refractivity contribution in [3.8, 4) is 5.75 Å². The maximum Gasteiger partial charge on any atom is 0.184 e. The van der Waals surface area contributed by atoms with Crippen molar-refractivity contribution in [3.05, 3.63) is 18.2 Å². The van der Waals surface area contributed by atoms with E-state index in [2.05, 4.69) is 30.2 Å². The number of rotatable bonds is 3. The van der Waals surface area contributed by atoms with Gasteiger partial charge in [0.2, 0.25) is 0 Å². The van der Waals surface area contributed by atoms with E-state index in [0.717, 1.165) is 28.2 Å². The Morgan fingerprint density at radius 3 is 2.85 bits per heavy atom. The summed E-state index contributed by atoms with van der Waals surface area (Å²) >= 11 is 1.72. The van der Waals surface area contributed by atoms with Crippen molar-refractivity contribution in [2.45, 2.75) is 39.2 Å². The second kappa shape index (κ2) is 5.60. The van der Waals surface area contributed by atoms with Gasteiger partial charge in [0.15, 0.2) is 5.13 Å². The molecule has 1 aromatic heterocycles. The number of nitrogens with one attached hydrogen (secondary N) is 1. The van der Waals surface area contributed by atoms with Crippen molar-refractivity contribution in [3.63, 3.8) is 0 Å². The highest BCUT2D eigenvalue weighted by atomic mass is 32.1. The third kappa shape index (κ3) is 2.75. The standard InChI is InChI=1S/C16H22N2OS/c1-10-4-5-12(8-11(10)2)17-16-18-14-7-6-13(19-3)9-15(14)20-16/h6-7,9-12H,4-5,8H2,1-3H3,(H,17,18). The van der Waals surface area contributed by atoms with Gasteiger partial charge in [0, 0.05) is 6.04 Å². The van der Waals surface area contributed by atoms with Crippen LogP contribution in [0.1, 0.15) is 33.1 Å². The van der Waals surface area contributed by atoms with Crippen LogP contribution in [0.5, 0.6) is 5.75 Å². The number of methoxy groups -OCH3 is 1. The minimum Gasteiger partial charge on any atom is -0.497 e. The van der Waals surface area contributed by atoms with Crippen molar-refractivity contribution in [1.82, 2.24) is 4.98 Å². The quantitative estimate of drug-likeness (QED) is 0.901. The molecule has 0 aliphatic heterocycles. The van der Waals surface area contributed by atoms with E-state index in [0.29, 0.717) is 6.04 Å². The molecule has 1 saturated carbocycles. The highest BCUT2D eigenvalue weighted by Gasteiger charge is 2.24. The molecule has 2 aromatic rings. The number of hydrogen-bond acceptors (Lipinski definition) is 4. The number of aromatic nitrogens is 1. The summed E-state index contributed by atoms with van der Waals surface area (Å²) in [6, 6.07) is 6.63. The highest BCUT2D eigenvalue weighted by Crippen LogP contribution is 2.34. The second-order valence-electron chi connectivity index (χ2n) is 5.96. The van der Waals surface area contributed by atoms with E-state index in [1.165, 1.54) is 24.0 Å². The largest absolute Gasteiger partial charge is 0.497 e. The van der Waals surface area contributed by atoms with Gasteiger partial charge < -0.3 is 10.1 Å². The Bertz CT molecular complexity index is 595. The van der Waals surface area contributed by atoms with Gasteiger partial charge in [0.05, 0.1) is 17.3 Å². The zero-order valence-corrected chi connectivity index (χ0v) is 13.2. The van der Waals surface area contributed by atoms with Crippen LogP contribution in [0.4, 0.5) is 5.13 Å². The van der Waals surface area contributed by atoms with Crippen LogP contribution in [0.3, 0.4) is 0 Å². The van der Waals surface area contributed by atoms with Gasteiger partial charge in [-0.1, -0.05) is 25.2 Å². The highest BCUT2D eigenvalue weighted by molar-refractivity contribution is 7.22. The maximum absolute atomic E-state index is 5.27. The first-order valence-electron chi connectivity index (χ1n) is 7.37. The van der Waals surface area contributed by atoms with Crippen LogP contribution in [0, 0.1) is 11.8 Å². The Morgan fingerprint density at radius 2 is 2.10 bits per heavy atom. The van der Waals surface area contributed by atoms with E-state index < -0.39 is 0 Å². The normalized spacial score (nSPS) is 26.6. The Labute approximate surface area is 124 Å². The Kier molecular flexibility index (Phi) is 3.83. The van der Waals surface area contributed by atoms with Crippen molar-refractivity contribution in [1.29, 1.82) is 0 Å². The first-order valence-corrected chi connectivity index (χ1v) is 8.18. The second-order valence-corrected chi connectivity index (χ2v) is 6.99. The van der Waals surface area contributed by atoms with E-state index >= 15 is 0 Å². The summed E-state index contributed by atoms with van der Waals surface area (Å²) in [7, 11) is 1.70. The lowest BCUT2D eigenvalue weighted by Gasteiger charge is -2.32. The molecule has 3 nitrogen and oxygen atoms in total. The lowest BCUT2D eigenvalue weighted by molar-refractivity contribution is 0.261. The summed E-state index contributed by atoms with van der Waals surface area (Å²) in [6.45, 7) is 4.73. The lowest BCUT2D eigenvalue weighted by Crippen LogP contribution is -2.30. The van der Waals surface area contributed by atoms with Gasteiger partial charge in [-0.3, -0.25) is 0 Å². The maximum atomic E-state index is 5.27. The zero-order valence-electron chi connectivity index (χ0n) is 12.3. The number of hydrogen-bond donors (Lipinski definition) is 1. The monoisotopic (exact) mass is 290 g/mol. The first kappa shape index (κ1) is 13.7. The molecule has 4 heteroatoms. The van der Waals surface area contributed by atoms with Gasteiger partial charge in [0.1, 0.15) is 5.75 Å². The molecule has 0 spiro atoms. The molecule has 0 radical (unpaired) electrons. The van der Waals surface area contributed by atoms with Crippen LogP contribution in [-0.4, -0.2) is 18.1 Å². The van der Waals surface area contributed by atoms with Gasteiger partial charge >= 0.3 is 0 Å². The van der Waals surface area contributed by atoms with Crippen LogP contribution < -0.4 is 10.1 Å². The molecule has 1 N–H and O–H groups in total. The summed E-state index contributed by atoms with van der Waals surface area (Å²) in [4.78, 5) is 4.68. The number of anilines is 1. The minimum atomic E-state index is 0.573. The molecule has 1 fully saturated rings. The molecule has 0 amide bonds. The third-order valence-corrected chi connectivity index (χ3v) is 5.47. The van der Waals surface area contributed by atoms with E-state index in [9.17, 15) is 0 Å². The van der Waals surface area contributed by atoms with Gasteiger partial charge in [-0.05, 0) is 49.3 Å². The number of fused-ring (bicyclic) bond motifs is 1. The van der Waals surface area contributed by atoms with E-state index in [1.54, 1.807) is 18.4 Å². The molecule has 108 valence electrons. The Hall–Kier alpha value is -1.29. The van der Waals surface area contributed by atoms with Crippen LogP contribution >= 0.6 is 11.3 Å². The van der Waals surface area contributed by atoms with Crippen LogP contribution in [0.25, 0.3) is 10.2 Å². The fourth-order valence-electron chi connectivity index (χ4n) is 2.95. The van der Waals surface area contributed by atoms with Gasteiger partial charge in [0.25, 0.3) is 0 Å². The van der Waals surface area contributed by atoms with E-state index in [-0.39, 0.29) is 0 Å². The van der Waals surface area contributed by atoms with E-state index in [1.807, 2.05) is 12.1 Å². The fourth-order valence-corrected chi connectivity index (χ4v) is 3.92. The summed E-state index contributed by atoms with van der Waals surface area (Å²) in [5, 5.41) is 4.67. The Balaban J connectivity index is 1.74. The zero-order chi connectivity index (χ0) is 14.1. The number of thiazole rings is 1. The number of ether oxygens (including phenoxy) is 1. The fraction of sp³-hybridized carbons (Fsp3) is 0.562. The summed E-state index contributed by atoms with van der Waals surface area (Å²) < 4.78 is 6.45. The van der Waals surface area contributed by atoms with E-state index in [4.69, 9.17) is 4.74 Å². The predicted octanol–water partition coefficient (Wildman–Crippen LogP) is 4.54. The van der Waals surface area contributed by atoms with Crippen molar-refractivity contribution in [2.75, 3.05) is 12.4 Å². The topological polar surface area (TPSA) is 34.1 Å². The molecule has 0 saturated heterocycles. The first-order chi connectivity index (χ1) is 9.65. The molecule has 1 aliphatic carbocycles. The SMILES string of the molecule is COc1ccc2nc(NC3CCC(C)C(C)C3)sc2c1. The number of nitrogens with zero attached hydrogens (tertiary/aromatic N) is 1. The van der Waals surface area contributed by atoms with Crippen molar-refractivity contribution >= 4 is 26.7 Å². The summed E-state index contributed by atoms with van der Waals surface area (Å²) in [5.41, 5.74) is 1.05. The number of benzene rings is 1. The smallest absolute Gasteiger partial charge is 0.184 e. The van der Waals surface area contributed by atoms with Crippen LogP contribution in [-0.2, 0) is 0 Å². The van der Waals surface area contributed by atoms with Gasteiger partial charge in [-0.15, -0.1) is 0 Å². The molecule has 0 bridgehead atoms. The average molecular weight is 290 g/mol. The van der Waals surface area contributed by atoms with Crippen molar-refractivity contribution in [2.24, 2.45) is 11.8 Å². The summed E-state index contributed by atoms with van der Waals surface area (Å²) in [6.07, 6.45) is 3.82. The molecule has 1 aromatic carbocycles. The Morgan fingerprint density at radius 1 is 1.25 bits per heavy atom. The minimum absolute atomic E-state index is 0.573. The molecule has 3 rings (SSSR count). The predicted molar refractivity (Wildman–Crippen MR) is 85.8 cm³/mol. The molecule has 20 heavy (non-hydrogen) atoms.